The van der Waals surface area contributed by atoms with E-state index in [0.29, 0.717) is 0 Å². The van der Waals surface area contributed by atoms with Gasteiger partial charge in [0, 0.05) is 10.8 Å². The molecule has 35 heavy (non-hydrogen) atoms. The zero-order valence-electron chi connectivity index (χ0n) is 17.5. The highest BCUT2D eigenvalue weighted by atomic mass is 32.2. The fraction of sp³-hybridized carbons (Fsp3) is 0. The number of carbonyl (C=O) groups excluding carboxylic acids is 2. The van der Waals surface area contributed by atoms with E-state index in [9.17, 15) is 35.5 Å². The van der Waals surface area contributed by atoms with E-state index in [1.165, 1.54) is 48.5 Å². The average molecular weight is 517 g/mol. The minimum atomic E-state index is -4.84. The van der Waals surface area contributed by atoms with Gasteiger partial charge in [-0.05, 0) is 22.9 Å². The number of rotatable bonds is 4. The van der Waals surface area contributed by atoms with Gasteiger partial charge in [-0.3, -0.25) is 9.11 Å². The summed E-state index contributed by atoms with van der Waals surface area (Å²) in [7, 11) is -9.69. The zero-order valence-corrected chi connectivity index (χ0v) is 19.1. The number of nitrogen functional groups attached to an aromatic ring is 2. The smallest absolute Gasteiger partial charge is 0.346 e. The van der Waals surface area contributed by atoms with E-state index in [1.54, 1.807) is 0 Å². The van der Waals surface area contributed by atoms with Crippen LogP contribution in [0.2, 0.25) is 0 Å². The van der Waals surface area contributed by atoms with Crippen LogP contribution in [-0.4, -0.2) is 37.9 Å². The summed E-state index contributed by atoms with van der Waals surface area (Å²) in [6, 6.07) is 13.3. The molecule has 13 heteroatoms. The predicted molar refractivity (Wildman–Crippen MR) is 126 cm³/mol. The van der Waals surface area contributed by atoms with Gasteiger partial charge >= 0.3 is 11.9 Å². The summed E-state index contributed by atoms with van der Waals surface area (Å²) in [5.41, 5.74) is 10.3. The second-order valence-electron chi connectivity index (χ2n) is 7.39. The Balaban J connectivity index is 1.87. The summed E-state index contributed by atoms with van der Waals surface area (Å²) < 4.78 is 71.2. The third-order valence-corrected chi connectivity index (χ3v) is 7.06. The minimum absolute atomic E-state index is 0.105. The fourth-order valence-corrected chi connectivity index (χ4v) is 5.01. The van der Waals surface area contributed by atoms with Gasteiger partial charge in [0.05, 0.1) is 22.5 Å². The lowest BCUT2D eigenvalue weighted by atomic mass is 10.0. The molecule has 0 bridgehead atoms. The van der Waals surface area contributed by atoms with Crippen molar-refractivity contribution >= 4 is 65.1 Å². The molecule has 0 aliphatic carbocycles. The zero-order chi connectivity index (χ0) is 25.7. The molecule has 180 valence electrons. The maximum Gasteiger partial charge on any atom is 0.346 e. The Labute approximate surface area is 198 Å². The quantitative estimate of drug-likeness (QED) is 0.134. The molecule has 0 unspecified atom stereocenters. The molecule has 0 aliphatic heterocycles. The van der Waals surface area contributed by atoms with Crippen molar-refractivity contribution in [2.75, 3.05) is 11.5 Å². The van der Waals surface area contributed by atoms with Gasteiger partial charge in [-0.25, -0.2) is 9.59 Å². The van der Waals surface area contributed by atoms with Gasteiger partial charge in [-0.15, -0.1) is 0 Å². The number of ether oxygens (including phenoxy) is 1. The van der Waals surface area contributed by atoms with Crippen LogP contribution < -0.4 is 11.5 Å². The lowest BCUT2D eigenvalue weighted by molar-refractivity contribution is 0.0400. The molecule has 0 aliphatic rings. The van der Waals surface area contributed by atoms with Crippen LogP contribution in [0.5, 0.6) is 0 Å². The van der Waals surface area contributed by atoms with Gasteiger partial charge in [0.25, 0.3) is 20.2 Å². The Kier molecular flexibility index (Phi) is 5.73. The second kappa shape index (κ2) is 8.32. The van der Waals surface area contributed by atoms with Crippen molar-refractivity contribution in [3.8, 4) is 0 Å². The first kappa shape index (κ1) is 24.1. The molecule has 4 aromatic rings. The number of carbonyl (C=O) groups is 2. The van der Waals surface area contributed by atoms with Gasteiger partial charge < -0.3 is 16.2 Å². The average Bonchev–Trinajstić information content (AvgIpc) is 2.78. The molecule has 0 radical (unpaired) electrons. The maximum absolute atomic E-state index is 13.0. The first-order chi connectivity index (χ1) is 16.3. The number of esters is 2. The molecular formula is C22H16N2O9S2. The third kappa shape index (κ3) is 4.28. The SMILES string of the molecule is Nc1c(S(=O)(=O)O)cc(C(=O)OC(=O)c2cc(S(=O)(=O)O)c(N)c3ccccc23)c2ccccc12. The van der Waals surface area contributed by atoms with Crippen LogP contribution in [0.3, 0.4) is 0 Å². The molecule has 0 saturated carbocycles. The highest BCUT2D eigenvalue weighted by molar-refractivity contribution is 7.86. The van der Waals surface area contributed by atoms with E-state index in [1.807, 2.05) is 0 Å². The largest absolute Gasteiger partial charge is 0.397 e. The van der Waals surface area contributed by atoms with Gasteiger partial charge in [-0.2, -0.15) is 16.8 Å². The highest BCUT2D eigenvalue weighted by Gasteiger charge is 2.27. The van der Waals surface area contributed by atoms with Crippen LogP contribution >= 0.6 is 0 Å². The van der Waals surface area contributed by atoms with Gasteiger partial charge in [-0.1, -0.05) is 48.5 Å². The monoisotopic (exact) mass is 516 g/mol. The lowest BCUT2D eigenvalue weighted by Crippen LogP contribution is -2.16. The van der Waals surface area contributed by atoms with E-state index < -0.39 is 53.1 Å². The summed E-state index contributed by atoms with van der Waals surface area (Å²) in [6.07, 6.45) is 0. The topological polar surface area (TPSA) is 204 Å². The number of benzene rings is 4. The molecule has 0 atom stereocenters. The van der Waals surface area contributed by atoms with E-state index in [-0.39, 0.29) is 32.9 Å². The van der Waals surface area contributed by atoms with E-state index in [0.717, 1.165) is 12.1 Å². The van der Waals surface area contributed by atoms with Crippen LogP contribution in [0.25, 0.3) is 21.5 Å². The summed E-state index contributed by atoms with van der Waals surface area (Å²) in [5.74, 6) is -2.60. The Bertz CT molecular complexity index is 1650. The summed E-state index contributed by atoms with van der Waals surface area (Å²) in [5, 5.41) is 0.481. The molecule has 4 rings (SSSR count). The Morgan fingerprint density at radius 1 is 0.629 bits per heavy atom. The van der Waals surface area contributed by atoms with Crippen molar-refractivity contribution in [3.05, 3.63) is 71.8 Å². The molecular weight excluding hydrogens is 500 g/mol. The summed E-state index contributed by atoms with van der Waals surface area (Å²) >= 11 is 0. The molecule has 0 spiro atoms. The van der Waals surface area contributed by atoms with Crippen molar-refractivity contribution in [1.82, 2.24) is 0 Å². The number of hydrogen-bond acceptors (Lipinski definition) is 9. The third-order valence-electron chi connectivity index (χ3n) is 5.28. The van der Waals surface area contributed by atoms with Crippen LogP contribution in [0.15, 0.2) is 70.5 Å². The van der Waals surface area contributed by atoms with Crippen molar-refractivity contribution < 1.29 is 40.3 Å². The van der Waals surface area contributed by atoms with Crippen LogP contribution in [0, 0.1) is 0 Å². The molecule has 0 aromatic heterocycles. The Morgan fingerprint density at radius 2 is 0.943 bits per heavy atom. The summed E-state index contributed by atoms with van der Waals surface area (Å²) in [6.45, 7) is 0. The predicted octanol–water partition coefficient (Wildman–Crippen LogP) is 2.65. The summed E-state index contributed by atoms with van der Waals surface area (Å²) in [4.78, 5) is 24.4. The molecule has 0 saturated heterocycles. The van der Waals surface area contributed by atoms with Gasteiger partial charge in [0.15, 0.2) is 0 Å². The van der Waals surface area contributed by atoms with Gasteiger partial charge in [0.1, 0.15) is 9.79 Å². The standard InChI is InChI=1S/C22H16N2O9S2/c23-19-13-7-3-1-5-11(13)15(9-17(19)34(27,28)29)21(25)33-22(26)16-10-18(35(30,31)32)20(24)14-8-4-2-6-12(14)16/h1-10H,23-24H2,(H,27,28,29)(H,30,31,32). The molecule has 4 aromatic carbocycles. The number of anilines is 2. The molecule has 6 N–H and O–H groups in total. The number of hydrogen-bond donors (Lipinski definition) is 4. The van der Waals surface area contributed by atoms with Gasteiger partial charge in [0.2, 0.25) is 0 Å². The lowest BCUT2D eigenvalue weighted by Gasteiger charge is -2.13. The van der Waals surface area contributed by atoms with Crippen molar-refractivity contribution in [2.24, 2.45) is 0 Å². The van der Waals surface area contributed by atoms with Crippen molar-refractivity contribution in [1.29, 1.82) is 0 Å². The van der Waals surface area contributed by atoms with Crippen LogP contribution in [0.1, 0.15) is 20.7 Å². The van der Waals surface area contributed by atoms with Crippen LogP contribution in [-0.2, 0) is 25.0 Å². The minimum Gasteiger partial charge on any atom is -0.397 e. The molecule has 0 amide bonds. The number of nitrogens with two attached hydrogens (primary N) is 2. The highest BCUT2D eigenvalue weighted by Crippen LogP contribution is 2.34. The van der Waals surface area contributed by atoms with E-state index in [2.05, 4.69) is 0 Å². The maximum atomic E-state index is 13.0. The van der Waals surface area contributed by atoms with Crippen molar-refractivity contribution in [2.45, 2.75) is 9.79 Å². The molecule has 0 heterocycles. The first-order valence-electron chi connectivity index (χ1n) is 9.64. The number of fused-ring (bicyclic) bond motifs is 2. The van der Waals surface area contributed by atoms with E-state index >= 15 is 0 Å². The Morgan fingerprint density at radius 3 is 1.26 bits per heavy atom. The first-order valence-corrected chi connectivity index (χ1v) is 12.5. The van der Waals surface area contributed by atoms with Crippen LogP contribution in [0.4, 0.5) is 11.4 Å². The Hall–Kier alpha value is -4.04. The second-order valence-corrected chi connectivity index (χ2v) is 10.2. The van der Waals surface area contributed by atoms with Crippen molar-refractivity contribution in [3.63, 3.8) is 0 Å². The fourth-order valence-electron chi connectivity index (χ4n) is 3.70. The van der Waals surface area contributed by atoms with E-state index in [4.69, 9.17) is 16.2 Å². The molecule has 0 fully saturated rings. The normalized spacial score (nSPS) is 12.1. The molecule has 11 nitrogen and oxygen atoms in total.